The van der Waals surface area contributed by atoms with Crippen LogP contribution in [0.4, 0.5) is 0 Å². The van der Waals surface area contributed by atoms with Crippen molar-refractivity contribution in [1.82, 2.24) is 0 Å². The minimum absolute atomic E-state index is 0.0953. The van der Waals surface area contributed by atoms with Gasteiger partial charge in [-0.05, 0) is 24.5 Å². The molecular weight excluding hydrogens is 296 g/mol. The molecule has 1 N–H and O–H groups in total. The number of Topliss-reactive ketones (excluding diaryl/α,β-unsaturated/α-hetero) is 2. The Balaban J connectivity index is 2.17. The summed E-state index contributed by atoms with van der Waals surface area (Å²) in [5, 5.41) is 10.1. The predicted molar refractivity (Wildman–Crippen MR) is 83.8 cm³/mol. The van der Waals surface area contributed by atoms with Gasteiger partial charge >= 0.3 is 0 Å². The van der Waals surface area contributed by atoms with Crippen molar-refractivity contribution in [2.24, 2.45) is 17.8 Å². The number of ketones is 2. The van der Waals surface area contributed by atoms with E-state index in [9.17, 15) is 14.7 Å². The van der Waals surface area contributed by atoms with Crippen molar-refractivity contribution in [3.05, 3.63) is 35.1 Å². The van der Waals surface area contributed by atoms with Gasteiger partial charge in [-0.25, -0.2) is 0 Å². The third kappa shape index (κ3) is 1.99. The number of fused-ring (bicyclic) bond motifs is 2. The van der Waals surface area contributed by atoms with Gasteiger partial charge < -0.3 is 14.6 Å². The number of allylic oxidation sites excluding steroid dienone is 2. The molecule has 2 bridgehead atoms. The van der Waals surface area contributed by atoms with Crippen LogP contribution in [0.25, 0.3) is 0 Å². The second kappa shape index (κ2) is 5.41. The van der Waals surface area contributed by atoms with Crippen LogP contribution in [0.3, 0.4) is 0 Å². The number of hydrogen-bond donors (Lipinski definition) is 1. The number of aliphatic hydroxyl groups is 1. The lowest BCUT2D eigenvalue weighted by Gasteiger charge is -2.23. The molecule has 0 aliphatic heterocycles. The van der Waals surface area contributed by atoms with Gasteiger partial charge in [0.2, 0.25) is 5.78 Å². The molecule has 5 heteroatoms. The van der Waals surface area contributed by atoms with E-state index in [2.05, 4.69) is 0 Å². The SMILES string of the molecule is COc1cccc(C2C3C(=O)C(O)=C(C)C(C3=O)C2C)c1OC. The van der Waals surface area contributed by atoms with Gasteiger partial charge in [0.1, 0.15) is 0 Å². The van der Waals surface area contributed by atoms with E-state index in [4.69, 9.17) is 9.47 Å². The van der Waals surface area contributed by atoms with E-state index in [0.29, 0.717) is 17.1 Å². The molecule has 122 valence electrons. The zero-order valence-corrected chi connectivity index (χ0v) is 13.6. The second-order valence-electron chi connectivity index (χ2n) is 6.22. The molecule has 23 heavy (non-hydrogen) atoms. The number of para-hydroxylation sites is 1. The van der Waals surface area contributed by atoms with Crippen molar-refractivity contribution >= 4 is 11.6 Å². The fraction of sp³-hybridized carbons (Fsp3) is 0.444. The topological polar surface area (TPSA) is 72.8 Å². The molecule has 0 saturated heterocycles. The average molecular weight is 316 g/mol. The third-order valence-electron chi connectivity index (χ3n) is 5.21. The smallest absolute Gasteiger partial charge is 0.208 e. The molecule has 2 aliphatic carbocycles. The van der Waals surface area contributed by atoms with Crippen LogP contribution < -0.4 is 9.47 Å². The standard InChI is InChI=1S/C18H20O5/c1-8-12-9(2)15(19)17(21)14(16(12)20)13(8)10-6-5-7-11(22-3)18(10)23-4/h5-8,12-14,19H,1-4H3. The summed E-state index contributed by atoms with van der Waals surface area (Å²) in [6.07, 6.45) is 0. The number of carbonyl (C=O) groups is 2. The van der Waals surface area contributed by atoms with Gasteiger partial charge in [0.15, 0.2) is 23.0 Å². The molecular formula is C18H20O5. The molecule has 4 unspecified atom stereocenters. The quantitative estimate of drug-likeness (QED) is 0.868. The molecule has 0 radical (unpaired) electrons. The largest absolute Gasteiger partial charge is 0.504 e. The highest BCUT2D eigenvalue weighted by Crippen LogP contribution is 2.54. The number of ether oxygens (including phenoxy) is 2. The summed E-state index contributed by atoms with van der Waals surface area (Å²) in [5.41, 5.74) is 1.25. The van der Waals surface area contributed by atoms with Crippen LogP contribution in [-0.4, -0.2) is 30.9 Å². The molecule has 1 saturated carbocycles. The number of methoxy groups -OCH3 is 2. The molecule has 2 aliphatic rings. The Morgan fingerprint density at radius 3 is 2.39 bits per heavy atom. The van der Waals surface area contributed by atoms with Gasteiger partial charge in [0.25, 0.3) is 0 Å². The maximum absolute atomic E-state index is 12.7. The van der Waals surface area contributed by atoms with Crippen LogP contribution in [-0.2, 0) is 9.59 Å². The monoisotopic (exact) mass is 316 g/mol. The molecule has 4 atom stereocenters. The first-order chi connectivity index (χ1) is 10.9. The summed E-state index contributed by atoms with van der Waals surface area (Å²) in [4.78, 5) is 25.2. The number of aliphatic hydroxyl groups excluding tert-OH is 1. The van der Waals surface area contributed by atoms with Crippen molar-refractivity contribution < 1.29 is 24.2 Å². The molecule has 0 heterocycles. The van der Waals surface area contributed by atoms with E-state index < -0.39 is 17.6 Å². The molecule has 1 fully saturated rings. The van der Waals surface area contributed by atoms with Crippen LogP contribution in [0.15, 0.2) is 29.5 Å². The minimum atomic E-state index is -0.847. The van der Waals surface area contributed by atoms with E-state index in [1.165, 1.54) is 7.11 Å². The zero-order valence-electron chi connectivity index (χ0n) is 13.6. The van der Waals surface area contributed by atoms with E-state index in [-0.39, 0.29) is 23.4 Å². The van der Waals surface area contributed by atoms with E-state index in [0.717, 1.165) is 5.56 Å². The Labute approximate surface area is 134 Å². The summed E-state index contributed by atoms with van der Waals surface area (Å²) in [5.74, 6) is -1.43. The Kier molecular flexibility index (Phi) is 3.66. The maximum atomic E-state index is 12.7. The fourth-order valence-corrected chi connectivity index (χ4v) is 4.17. The Bertz CT molecular complexity index is 718. The van der Waals surface area contributed by atoms with Gasteiger partial charge in [0.05, 0.1) is 20.1 Å². The van der Waals surface area contributed by atoms with Gasteiger partial charge in [-0.1, -0.05) is 19.1 Å². The fourth-order valence-electron chi connectivity index (χ4n) is 4.17. The molecule has 1 aromatic rings. The Hall–Kier alpha value is -2.30. The zero-order chi connectivity index (χ0) is 16.9. The van der Waals surface area contributed by atoms with Crippen LogP contribution in [0.5, 0.6) is 11.5 Å². The first-order valence-corrected chi connectivity index (χ1v) is 7.62. The van der Waals surface area contributed by atoms with Crippen LogP contribution in [0, 0.1) is 17.8 Å². The third-order valence-corrected chi connectivity index (χ3v) is 5.21. The molecule has 0 amide bonds. The van der Waals surface area contributed by atoms with Crippen molar-refractivity contribution in [3.63, 3.8) is 0 Å². The highest BCUT2D eigenvalue weighted by molar-refractivity contribution is 6.16. The summed E-state index contributed by atoms with van der Waals surface area (Å²) < 4.78 is 10.8. The molecule has 0 spiro atoms. The lowest BCUT2D eigenvalue weighted by molar-refractivity contribution is -0.133. The summed E-state index contributed by atoms with van der Waals surface area (Å²) >= 11 is 0. The number of hydrogen-bond acceptors (Lipinski definition) is 5. The Morgan fingerprint density at radius 2 is 1.78 bits per heavy atom. The average Bonchev–Trinajstić information content (AvgIpc) is 2.77. The van der Waals surface area contributed by atoms with E-state index in [1.54, 1.807) is 20.1 Å². The van der Waals surface area contributed by atoms with Crippen molar-refractivity contribution in [2.75, 3.05) is 14.2 Å². The van der Waals surface area contributed by atoms with Crippen molar-refractivity contribution in [1.29, 1.82) is 0 Å². The summed E-state index contributed by atoms with van der Waals surface area (Å²) in [6, 6.07) is 5.45. The number of carbonyl (C=O) groups excluding carboxylic acids is 2. The van der Waals surface area contributed by atoms with E-state index in [1.807, 2.05) is 19.1 Å². The molecule has 5 nitrogen and oxygen atoms in total. The first kappa shape index (κ1) is 15.6. The van der Waals surface area contributed by atoms with E-state index >= 15 is 0 Å². The highest BCUT2D eigenvalue weighted by atomic mass is 16.5. The lowest BCUT2D eigenvalue weighted by Crippen LogP contribution is -2.32. The summed E-state index contributed by atoms with van der Waals surface area (Å²) in [6.45, 7) is 3.61. The normalized spacial score (nSPS) is 29.9. The molecule has 1 aromatic carbocycles. The van der Waals surface area contributed by atoms with Crippen LogP contribution >= 0.6 is 0 Å². The van der Waals surface area contributed by atoms with Crippen molar-refractivity contribution in [2.45, 2.75) is 19.8 Å². The predicted octanol–water partition coefficient (Wildman–Crippen LogP) is 2.65. The Morgan fingerprint density at radius 1 is 1.09 bits per heavy atom. The van der Waals surface area contributed by atoms with Crippen LogP contribution in [0.1, 0.15) is 25.3 Å². The van der Waals surface area contributed by atoms with Gasteiger partial charge in [0, 0.05) is 17.4 Å². The van der Waals surface area contributed by atoms with Gasteiger partial charge in [-0.2, -0.15) is 0 Å². The molecule has 3 rings (SSSR count). The highest BCUT2D eigenvalue weighted by Gasteiger charge is 2.57. The number of benzene rings is 1. The number of rotatable bonds is 3. The van der Waals surface area contributed by atoms with Crippen molar-refractivity contribution in [3.8, 4) is 11.5 Å². The maximum Gasteiger partial charge on any atom is 0.208 e. The molecule has 0 aromatic heterocycles. The lowest BCUT2D eigenvalue weighted by atomic mass is 9.81. The van der Waals surface area contributed by atoms with Gasteiger partial charge in [-0.15, -0.1) is 0 Å². The summed E-state index contributed by atoms with van der Waals surface area (Å²) in [7, 11) is 3.09. The van der Waals surface area contributed by atoms with Crippen LogP contribution in [0.2, 0.25) is 0 Å². The minimum Gasteiger partial charge on any atom is -0.504 e. The van der Waals surface area contributed by atoms with Gasteiger partial charge in [-0.3, -0.25) is 9.59 Å². The second-order valence-corrected chi connectivity index (χ2v) is 6.22. The first-order valence-electron chi connectivity index (χ1n) is 7.62.